The normalized spacial score (nSPS) is 30.9. The van der Waals surface area contributed by atoms with Crippen molar-refractivity contribution in [3.05, 3.63) is 24.3 Å². The molecule has 6 N–H and O–H groups in total. The van der Waals surface area contributed by atoms with Gasteiger partial charge in [-0.05, 0) is 37.2 Å². The Kier molecular flexibility index (Phi) is 6.58. The molecule has 1 aliphatic heterocycles. The molecule has 8 heteroatoms. The highest BCUT2D eigenvalue weighted by Gasteiger charge is 2.44. The fraction of sp³-hybridized carbons (Fsp3) is 0.600. The molecule has 1 heterocycles. The third-order valence-electron chi connectivity index (χ3n) is 3.54. The van der Waals surface area contributed by atoms with Crippen LogP contribution in [0.2, 0.25) is 0 Å². The van der Waals surface area contributed by atoms with Crippen LogP contribution in [-0.2, 0) is 4.74 Å². The van der Waals surface area contributed by atoms with Gasteiger partial charge in [0.25, 0.3) is 0 Å². The Balaban J connectivity index is 1.95. The lowest BCUT2D eigenvalue weighted by Crippen LogP contribution is -2.60. The summed E-state index contributed by atoms with van der Waals surface area (Å²) in [5.41, 5.74) is 5.38. The lowest BCUT2D eigenvalue weighted by atomic mass is 9.99. The minimum absolute atomic E-state index is 0.389. The average Bonchev–Trinajstić information content (AvgIpc) is 2.57. The van der Waals surface area contributed by atoms with E-state index in [-0.39, 0.29) is 0 Å². The zero-order valence-electron chi connectivity index (χ0n) is 12.6. The summed E-state index contributed by atoms with van der Waals surface area (Å²) < 4.78 is 16.2. The maximum Gasteiger partial charge on any atom is 0.229 e. The number of hydrogen-bond donors (Lipinski definition) is 5. The quantitative estimate of drug-likeness (QED) is 0.385. The van der Waals surface area contributed by atoms with Crippen molar-refractivity contribution in [2.24, 2.45) is 5.73 Å². The smallest absolute Gasteiger partial charge is 0.229 e. The molecule has 2 rings (SSSR count). The summed E-state index contributed by atoms with van der Waals surface area (Å²) in [7, 11) is 0. The van der Waals surface area contributed by atoms with Crippen molar-refractivity contribution in [3.8, 4) is 11.5 Å². The summed E-state index contributed by atoms with van der Waals surface area (Å²) in [5, 5.41) is 38.4. The number of benzene rings is 1. The summed E-state index contributed by atoms with van der Waals surface area (Å²) in [4.78, 5) is 0. The summed E-state index contributed by atoms with van der Waals surface area (Å²) >= 11 is 0. The molecule has 1 saturated heterocycles. The molecule has 8 nitrogen and oxygen atoms in total. The number of ether oxygens (including phenoxy) is 3. The van der Waals surface area contributed by atoms with E-state index < -0.39 is 37.3 Å². The lowest BCUT2D eigenvalue weighted by molar-refractivity contribution is -0.277. The molecule has 5 atom stereocenters. The van der Waals surface area contributed by atoms with E-state index in [4.69, 9.17) is 25.1 Å². The molecule has 0 aromatic heterocycles. The van der Waals surface area contributed by atoms with E-state index in [0.717, 1.165) is 6.42 Å². The van der Waals surface area contributed by atoms with E-state index in [1.165, 1.54) is 0 Å². The van der Waals surface area contributed by atoms with E-state index in [0.29, 0.717) is 24.7 Å². The lowest BCUT2D eigenvalue weighted by Gasteiger charge is -2.39. The van der Waals surface area contributed by atoms with Crippen molar-refractivity contribution in [3.63, 3.8) is 0 Å². The Hall–Kier alpha value is -1.42. The zero-order chi connectivity index (χ0) is 16.8. The van der Waals surface area contributed by atoms with Crippen LogP contribution in [0, 0.1) is 0 Å². The highest BCUT2D eigenvalue weighted by atomic mass is 16.7. The zero-order valence-corrected chi connectivity index (χ0v) is 12.6. The molecule has 130 valence electrons. The largest absolute Gasteiger partial charge is 0.494 e. The molecule has 1 aliphatic rings. The predicted octanol–water partition coefficient (Wildman–Crippen LogP) is -1.41. The first kappa shape index (κ1) is 17.9. The van der Waals surface area contributed by atoms with Gasteiger partial charge in [-0.3, -0.25) is 0 Å². The van der Waals surface area contributed by atoms with Gasteiger partial charge in [0.2, 0.25) is 6.29 Å². The van der Waals surface area contributed by atoms with Crippen molar-refractivity contribution >= 4 is 0 Å². The third kappa shape index (κ3) is 4.54. The van der Waals surface area contributed by atoms with Crippen molar-refractivity contribution in [1.82, 2.24) is 0 Å². The van der Waals surface area contributed by atoms with Gasteiger partial charge in [0.05, 0.1) is 13.2 Å². The minimum atomic E-state index is -1.47. The molecular weight excluding hydrogens is 306 g/mol. The van der Waals surface area contributed by atoms with Gasteiger partial charge in [-0.25, -0.2) is 0 Å². The molecule has 0 unspecified atom stereocenters. The predicted molar refractivity (Wildman–Crippen MR) is 80.0 cm³/mol. The maximum atomic E-state index is 9.90. The van der Waals surface area contributed by atoms with Gasteiger partial charge in [-0.1, -0.05) is 0 Å². The standard InChI is InChI=1S/C15H23NO7/c16-6-1-7-21-9-2-4-10(5-3-9)22-15-14(20)13(19)12(18)11(8-17)23-15/h2-5,11-15,17-20H,1,6-8,16H2/t11-,12+,13+,14-,15-/m1/s1. The van der Waals surface area contributed by atoms with Gasteiger partial charge in [0, 0.05) is 0 Å². The second-order valence-corrected chi connectivity index (χ2v) is 5.28. The Morgan fingerprint density at radius 2 is 1.65 bits per heavy atom. The van der Waals surface area contributed by atoms with E-state index >= 15 is 0 Å². The van der Waals surface area contributed by atoms with Gasteiger partial charge in [0.1, 0.15) is 35.9 Å². The highest BCUT2D eigenvalue weighted by molar-refractivity contribution is 5.31. The molecule has 1 fully saturated rings. The SMILES string of the molecule is NCCCOc1ccc(O[C@@H]2O[C@H](CO)[C@H](O)[C@H](O)[C@H]2O)cc1. The Labute approximate surface area is 134 Å². The van der Waals surface area contributed by atoms with E-state index in [1.807, 2.05) is 0 Å². The first-order chi connectivity index (χ1) is 11.1. The molecule has 0 radical (unpaired) electrons. The molecule has 0 saturated carbocycles. The van der Waals surface area contributed by atoms with Gasteiger partial charge in [0.15, 0.2) is 0 Å². The van der Waals surface area contributed by atoms with Gasteiger partial charge in [-0.2, -0.15) is 0 Å². The third-order valence-corrected chi connectivity index (χ3v) is 3.54. The molecule has 1 aromatic carbocycles. The first-order valence-electron chi connectivity index (χ1n) is 7.47. The molecule has 1 aromatic rings. The van der Waals surface area contributed by atoms with E-state index in [2.05, 4.69) is 0 Å². The monoisotopic (exact) mass is 329 g/mol. The van der Waals surface area contributed by atoms with Crippen LogP contribution in [-0.4, -0.2) is 70.9 Å². The van der Waals surface area contributed by atoms with E-state index in [1.54, 1.807) is 24.3 Å². The summed E-state index contributed by atoms with van der Waals surface area (Å²) in [6, 6.07) is 6.63. The first-order valence-corrected chi connectivity index (χ1v) is 7.47. The van der Waals surface area contributed by atoms with Gasteiger partial charge in [-0.15, -0.1) is 0 Å². The fourth-order valence-electron chi connectivity index (χ4n) is 2.19. The number of aliphatic hydroxyl groups excluding tert-OH is 4. The van der Waals surface area contributed by atoms with Crippen LogP contribution in [0.4, 0.5) is 0 Å². The van der Waals surface area contributed by atoms with Crippen molar-refractivity contribution in [2.45, 2.75) is 37.1 Å². The van der Waals surface area contributed by atoms with Gasteiger partial charge >= 0.3 is 0 Å². The van der Waals surface area contributed by atoms with E-state index in [9.17, 15) is 15.3 Å². The highest BCUT2D eigenvalue weighted by Crippen LogP contribution is 2.25. The number of aliphatic hydroxyl groups is 4. The average molecular weight is 329 g/mol. The van der Waals surface area contributed by atoms with Crippen LogP contribution in [0.5, 0.6) is 11.5 Å². The maximum absolute atomic E-state index is 9.90. The molecule has 0 aliphatic carbocycles. The van der Waals surface area contributed by atoms with Crippen LogP contribution in [0.15, 0.2) is 24.3 Å². The second kappa shape index (κ2) is 8.44. The molecule has 0 bridgehead atoms. The Morgan fingerprint density at radius 1 is 1.00 bits per heavy atom. The number of rotatable bonds is 7. The molecule has 23 heavy (non-hydrogen) atoms. The molecule has 0 spiro atoms. The minimum Gasteiger partial charge on any atom is -0.494 e. The van der Waals surface area contributed by atoms with Crippen LogP contribution < -0.4 is 15.2 Å². The second-order valence-electron chi connectivity index (χ2n) is 5.28. The topological polar surface area (TPSA) is 135 Å². The molecular formula is C15H23NO7. The number of nitrogens with two attached hydrogens (primary N) is 1. The number of hydrogen-bond acceptors (Lipinski definition) is 8. The van der Waals surface area contributed by atoms with Crippen molar-refractivity contribution < 1.29 is 34.6 Å². The Morgan fingerprint density at radius 3 is 2.26 bits per heavy atom. The Bertz CT molecular complexity index is 467. The summed E-state index contributed by atoms with van der Waals surface area (Å²) in [6.07, 6.45) is -5.76. The van der Waals surface area contributed by atoms with Crippen LogP contribution in [0.25, 0.3) is 0 Å². The van der Waals surface area contributed by atoms with Crippen molar-refractivity contribution in [1.29, 1.82) is 0 Å². The van der Waals surface area contributed by atoms with Gasteiger partial charge < -0.3 is 40.4 Å². The van der Waals surface area contributed by atoms with Crippen LogP contribution >= 0.6 is 0 Å². The van der Waals surface area contributed by atoms with Crippen LogP contribution in [0.3, 0.4) is 0 Å². The summed E-state index contributed by atoms with van der Waals surface area (Å²) in [6.45, 7) is 0.570. The van der Waals surface area contributed by atoms with Crippen molar-refractivity contribution in [2.75, 3.05) is 19.8 Å². The van der Waals surface area contributed by atoms with Crippen LogP contribution in [0.1, 0.15) is 6.42 Å². The summed E-state index contributed by atoms with van der Waals surface area (Å²) in [5.74, 6) is 1.04. The molecule has 0 amide bonds. The fourth-order valence-corrected chi connectivity index (χ4v) is 2.19.